The first kappa shape index (κ1) is 25.0. The van der Waals surface area contributed by atoms with Crippen molar-refractivity contribution in [2.75, 3.05) is 33.8 Å². The molecule has 4 atom stereocenters. The smallest absolute Gasteiger partial charge is 0.308 e. The van der Waals surface area contributed by atoms with Gasteiger partial charge in [0.05, 0.1) is 6.10 Å². The third-order valence-electron chi connectivity index (χ3n) is 8.67. The Balaban J connectivity index is 1.49. The summed E-state index contributed by atoms with van der Waals surface area (Å²) in [5.74, 6) is 1.46. The lowest BCUT2D eigenvalue weighted by Crippen LogP contribution is -2.61. The van der Waals surface area contributed by atoms with Gasteiger partial charge in [0.1, 0.15) is 5.75 Å². The second-order valence-electron chi connectivity index (χ2n) is 11.0. The number of nitrogens with zero attached hydrogens (tertiary/aromatic N) is 2. The summed E-state index contributed by atoms with van der Waals surface area (Å²) in [5, 5.41) is 0. The van der Waals surface area contributed by atoms with E-state index < -0.39 is 0 Å². The number of carbonyl (C=O) groups excluding carboxylic acids is 2. The molecule has 0 radical (unpaired) electrons. The van der Waals surface area contributed by atoms with Crippen LogP contribution in [0.25, 0.3) is 0 Å². The molecule has 5 rings (SSSR count). The summed E-state index contributed by atoms with van der Waals surface area (Å²) >= 11 is 0. The Labute approximate surface area is 214 Å². The van der Waals surface area contributed by atoms with E-state index in [1.807, 2.05) is 67.6 Å². The lowest BCUT2D eigenvalue weighted by molar-refractivity contribution is -0.131. The van der Waals surface area contributed by atoms with Crippen molar-refractivity contribution >= 4 is 11.9 Å². The molecule has 1 saturated heterocycles. The van der Waals surface area contributed by atoms with Crippen LogP contribution >= 0.6 is 0 Å². The van der Waals surface area contributed by atoms with E-state index in [0.717, 1.165) is 38.3 Å². The SMILES string of the molecule is COC1C[C@@H](N(C)C(=O)c2ccccc2)C[C@]2(c3cccc(OC(C)=O)c3)CCN(CC3CC3)C[C@@H]12. The molecule has 0 aromatic heterocycles. The number of fused-ring (bicyclic) bond motifs is 1. The third kappa shape index (κ3) is 5.07. The van der Waals surface area contributed by atoms with Crippen molar-refractivity contribution in [2.24, 2.45) is 11.8 Å². The minimum Gasteiger partial charge on any atom is -0.427 e. The molecule has 6 nitrogen and oxygen atoms in total. The Morgan fingerprint density at radius 3 is 2.58 bits per heavy atom. The predicted molar refractivity (Wildman–Crippen MR) is 139 cm³/mol. The Morgan fingerprint density at radius 2 is 1.89 bits per heavy atom. The van der Waals surface area contributed by atoms with Crippen LogP contribution in [0.4, 0.5) is 0 Å². The molecule has 0 spiro atoms. The molecule has 2 aromatic rings. The molecule has 0 bridgehead atoms. The Bertz CT molecular complexity index is 1090. The van der Waals surface area contributed by atoms with Crippen molar-refractivity contribution in [1.29, 1.82) is 0 Å². The summed E-state index contributed by atoms with van der Waals surface area (Å²) in [7, 11) is 3.74. The zero-order chi connectivity index (χ0) is 25.3. The summed E-state index contributed by atoms with van der Waals surface area (Å²) in [6, 6.07) is 17.6. The van der Waals surface area contributed by atoms with Crippen LogP contribution in [0.5, 0.6) is 5.75 Å². The van der Waals surface area contributed by atoms with Crippen molar-refractivity contribution in [3.8, 4) is 5.75 Å². The number of hydrogen-bond acceptors (Lipinski definition) is 5. The van der Waals surface area contributed by atoms with Crippen LogP contribution in [0.2, 0.25) is 0 Å². The molecule has 2 saturated carbocycles. The highest BCUT2D eigenvalue weighted by molar-refractivity contribution is 5.94. The second kappa shape index (κ2) is 10.3. The number of methoxy groups -OCH3 is 1. The first-order chi connectivity index (χ1) is 17.4. The average Bonchev–Trinajstić information content (AvgIpc) is 3.71. The van der Waals surface area contributed by atoms with Gasteiger partial charge in [-0.15, -0.1) is 0 Å². The van der Waals surface area contributed by atoms with Crippen molar-refractivity contribution in [3.63, 3.8) is 0 Å². The average molecular weight is 491 g/mol. The summed E-state index contributed by atoms with van der Waals surface area (Å²) in [6.07, 6.45) is 5.41. The largest absolute Gasteiger partial charge is 0.427 e. The van der Waals surface area contributed by atoms with Crippen LogP contribution in [-0.4, -0.2) is 67.6 Å². The molecule has 1 heterocycles. The number of hydrogen-bond donors (Lipinski definition) is 0. The molecule has 2 aromatic carbocycles. The molecule has 36 heavy (non-hydrogen) atoms. The highest BCUT2D eigenvalue weighted by Gasteiger charge is 2.54. The van der Waals surface area contributed by atoms with E-state index in [9.17, 15) is 9.59 Å². The lowest BCUT2D eigenvalue weighted by atomic mass is 9.56. The maximum absolute atomic E-state index is 13.4. The summed E-state index contributed by atoms with van der Waals surface area (Å²) in [6.45, 7) is 4.64. The monoisotopic (exact) mass is 490 g/mol. The van der Waals surface area contributed by atoms with Gasteiger partial charge >= 0.3 is 5.97 Å². The number of rotatable bonds is 7. The zero-order valence-electron chi connectivity index (χ0n) is 21.7. The van der Waals surface area contributed by atoms with Gasteiger partial charge in [0.2, 0.25) is 0 Å². The van der Waals surface area contributed by atoms with Crippen LogP contribution in [-0.2, 0) is 14.9 Å². The number of piperidine rings is 1. The van der Waals surface area contributed by atoms with Crippen molar-refractivity contribution < 1.29 is 19.1 Å². The Hall–Kier alpha value is -2.70. The molecular weight excluding hydrogens is 452 g/mol. The molecule has 6 heteroatoms. The highest BCUT2D eigenvalue weighted by atomic mass is 16.5. The lowest BCUT2D eigenvalue weighted by Gasteiger charge is -2.56. The quantitative estimate of drug-likeness (QED) is 0.422. The molecule has 3 fully saturated rings. The van der Waals surface area contributed by atoms with E-state index in [4.69, 9.17) is 9.47 Å². The normalized spacial score (nSPS) is 28.2. The molecule has 1 amide bonds. The van der Waals surface area contributed by atoms with Crippen molar-refractivity contribution in [2.45, 2.75) is 56.6 Å². The van der Waals surface area contributed by atoms with Crippen LogP contribution in [0.3, 0.4) is 0 Å². The van der Waals surface area contributed by atoms with Gasteiger partial charge in [-0.1, -0.05) is 30.3 Å². The second-order valence-corrected chi connectivity index (χ2v) is 11.0. The van der Waals surface area contributed by atoms with Crippen LogP contribution in [0, 0.1) is 11.8 Å². The molecule has 1 unspecified atom stereocenters. The van der Waals surface area contributed by atoms with Gasteiger partial charge in [0.25, 0.3) is 5.91 Å². The standard InChI is InChI=1S/C30H38N2O4/c1-21(33)36-26-11-7-10-24(16-26)30-14-15-32(19-22-12-13-22)20-27(30)28(35-3)17-25(18-30)31(2)29(34)23-8-5-4-6-9-23/h4-11,16,22,25,27-28H,12-15,17-20H2,1-3H3/t25-,27+,28?,30+/m1/s1. The number of ether oxygens (including phenoxy) is 2. The predicted octanol–water partition coefficient (Wildman–Crippen LogP) is 4.53. The highest BCUT2D eigenvalue weighted by Crippen LogP contribution is 2.51. The summed E-state index contributed by atoms with van der Waals surface area (Å²) < 4.78 is 11.7. The Kier molecular flexibility index (Phi) is 7.18. The summed E-state index contributed by atoms with van der Waals surface area (Å²) in [5.41, 5.74) is 1.73. The van der Waals surface area contributed by atoms with Crippen molar-refractivity contribution in [1.82, 2.24) is 9.80 Å². The third-order valence-corrected chi connectivity index (χ3v) is 8.67. The Morgan fingerprint density at radius 1 is 1.11 bits per heavy atom. The van der Waals surface area contributed by atoms with Crippen LogP contribution < -0.4 is 4.74 Å². The van der Waals surface area contributed by atoms with Gasteiger partial charge in [0, 0.05) is 57.1 Å². The maximum Gasteiger partial charge on any atom is 0.308 e. The van der Waals surface area contributed by atoms with Gasteiger partial charge in [0.15, 0.2) is 0 Å². The van der Waals surface area contributed by atoms with Gasteiger partial charge in [-0.3, -0.25) is 9.59 Å². The van der Waals surface area contributed by atoms with Crippen LogP contribution in [0.1, 0.15) is 54.9 Å². The number of benzene rings is 2. The maximum atomic E-state index is 13.4. The van der Waals surface area contributed by atoms with E-state index in [1.165, 1.54) is 31.9 Å². The fraction of sp³-hybridized carbons (Fsp3) is 0.533. The van der Waals surface area contributed by atoms with Gasteiger partial charge < -0.3 is 19.3 Å². The first-order valence-electron chi connectivity index (χ1n) is 13.3. The molecule has 3 aliphatic rings. The molecule has 0 N–H and O–H groups in total. The minimum absolute atomic E-state index is 0.0363. The van der Waals surface area contributed by atoms with Crippen molar-refractivity contribution in [3.05, 3.63) is 65.7 Å². The van der Waals surface area contributed by atoms with Gasteiger partial charge in [-0.05, 0) is 74.4 Å². The fourth-order valence-electron chi connectivity index (χ4n) is 6.60. The molecule has 192 valence electrons. The topological polar surface area (TPSA) is 59.1 Å². The summed E-state index contributed by atoms with van der Waals surface area (Å²) in [4.78, 5) is 29.7. The number of likely N-dealkylation sites (tertiary alicyclic amines) is 1. The van der Waals surface area contributed by atoms with E-state index in [0.29, 0.717) is 17.2 Å². The van der Waals surface area contributed by atoms with E-state index in [1.54, 1.807) is 0 Å². The number of esters is 1. The van der Waals surface area contributed by atoms with Gasteiger partial charge in [-0.2, -0.15) is 0 Å². The van der Waals surface area contributed by atoms with E-state index in [2.05, 4.69) is 11.0 Å². The molecule has 2 aliphatic carbocycles. The van der Waals surface area contributed by atoms with E-state index >= 15 is 0 Å². The number of amides is 1. The minimum atomic E-state index is -0.315. The fourth-order valence-corrected chi connectivity index (χ4v) is 6.60. The number of carbonyl (C=O) groups is 2. The zero-order valence-corrected chi connectivity index (χ0v) is 21.7. The van der Waals surface area contributed by atoms with E-state index in [-0.39, 0.29) is 29.4 Å². The van der Waals surface area contributed by atoms with Gasteiger partial charge in [-0.25, -0.2) is 0 Å². The van der Waals surface area contributed by atoms with Crippen LogP contribution in [0.15, 0.2) is 54.6 Å². The first-order valence-corrected chi connectivity index (χ1v) is 13.3. The molecular formula is C30H38N2O4. The molecule has 1 aliphatic heterocycles.